The number of benzene rings is 1. The minimum Gasteiger partial charge on any atom is -0.492 e. The summed E-state index contributed by atoms with van der Waals surface area (Å²) in [5.74, 6) is 1.02. The van der Waals surface area contributed by atoms with E-state index in [1.807, 2.05) is 13.8 Å². The zero-order valence-corrected chi connectivity index (χ0v) is 17.6. The summed E-state index contributed by atoms with van der Waals surface area (Å²) in [6.45, 7) is 13.3. The Balaban J connectivity index is 3.15. The van der Waals surface area contributed by atoms with Crippen LogP contribution in [0.2, 0.25) is 0 Å². The van der Waals surface area contributed by atoms with E-state index in [9.17, 15) is 10.1 Å². The van der Waals surface area contributed by atoms with Crippen molar-refractivity contribution in [2.24, 2.45) is 11.8 Å². The number of hydrogen-bond acceptors (Lipinski definition) is 4. The van der Waals surface area contributed by atoms with Crippen molar-refractivity contribution in [3.8, 4) is 11.8 Å². The summed E-state index contributed by atoms with van der Waals surface area (Å²) in [6, 6.07) is 7.26. The van der Waals surface area contributed by atoms with Crippen LogP contribution in [0, 0.1) is 23.2 Å². The number of ether oxygens (including phenoxy) is 2. The van der Waals surface area contributed by atoms with Crippen molar-refractivity contribution >= 4 is 11.6 Å². The van der Waals surface area contributed by atoms with Gasteiger partial charge >= 0.3 is 0 Å². The predicted octanol–water partition coefficient (Wildman–Crippen LogP) is 5.15. The smallest absolute Gasteiger partial charge is 0.256 e. The van der Waals surface area contributed by atoms with Gasteiger partial charge in [0.2, 0.25) is 0 Å². The van der Waals surface area contributed by atoms with Gasteiger partial charge in [-0.3, -0.25) is 4.79 Å². The van der Waals surface area contributed by atoms with E-state index in [2.05, 4.69) is 39.1 Å². The van der Waals surface area contributed by atoms with Crippen molar-refractivity contribution in [1.29, 1.82) is 5.26 Å². The van der Waals surface area contributed by atoms with Crippen LogP contribution in [0.15, 0.2) is 18.2 Å². The fourth-order valence-electron chi connectivity index (χ4n) is 3.29. The molecule has 0 bridgehead atoms. The zero-order valence-electron chi connectivity index (χ0n) is 17.6. The normalized spacial score (nSPS) is 11.5. The van der Waals surface area contributed by atoms with E-state index >= 15 is 0 Å². The van der Waals surface area contributed by atoms with E-state index in [0.717, 1.165) is 6.42 Å². The SMILES string of the molecule is CCCOC(CC(C)C)(CC(C)C)C(=O)Nc1ccc(OCC)c(C#N)c1. The first-order valence-electron chi connectivity index (χ1n) is 9.90. The Kier molecular flexibility index (Phi) is 9.31. The molecule has 5 heteroatoms. The molecule has 0 aliphatic rings. The third-order valence-corrected chi connectivity index (χ3v) is 4.13. The number of nitrogens with one attached hydrogen (secondary N) is 1. The number of anilines is 1. The molecule has 1 N–H and O–H groups in total. The van der Waals surface area contributed by atoms with Crippen LogP contribution in [-0.2, 0) is 9.53 Å². The van der Waals surface area contributed by atoms with Gasteiger partial charge in [0.25, 0.3) is 5.91 Å². The number of nitriles is 1. The van der Waals surface area contributed by atoms with Crippen molar-refractivity contribution in [3.05, 3.63) is 23.8 Å². The lowest BCUT2D eigenvalue weighted by atomic mass is 9.83. The summed E-state index contributed by atoms with van der Waals surface area (Å²) in [5, 5.41) is 12.3. The second-order valence-corrected chi connectivity index (χ2v) is 7.75. The second kappa shape index (κ2) is 10.9. The molecule has 0 unspecified atom stereocenters. The number of hydrogen-bond donors (Lipinski definition) is 1. The Labute approximate surface area is 164 Å². The van der Waals surface area contributed by atoms with Crippen molar-refractivity contribution in [2.45, 2.75) is 66.4 Å². The number of amides is 1. The maximum atomic E-state index is 13.3. The molecule has 0 heterocycles. The van der Waals surface area contributed by atoms with E-state index < -0.39 is 5.60 Å². The summed E-state index contributed by atoms with van der Waals surface area (Å²) in [6.07, 6.45) is 2.16. The van der Waals surface area contributed by atoms with E-state index in [4.69, 9.17) is 9.47 Å². The Morgan fingerprint density at radius 3 is 2.30 bits per heavy atom. The lowest BCUT2D eigenvalue weighted by molar-refractivity contribution is -0.147. The summed E-state index contributed by atoms with van der Waals surface area (Å²) >= 11 is 0. The van der Waals surface area contributed by atoms with Crippen LogP contribution < -0.4 is 10.1 Å². The molecule has 0 aliphatic heterocycles. The fraction of sp³-hybridized carbons (Fsp3) is 0.636. The van der Waals surface area contributed by atoms with Crippen molar-refractivity contribution in [3.63, 3.8) is 0 Å². The first-order chi connectivity index (χ1) is 12.8. The van der Waals surface area contributed by atoms with E-state index in [1.165, 1.54) is 0 Å². The minimum atomic E-state index is -0.871. The molecule has 1 amide bonds. The molecule has 27 heavy (non-hydrogen) atoms. The van der Waals surface area contributed by atoms with Gasteiger partial charge in [0.1, 0.15) is 17.4 Å². The van der Waals surface area contributed by atoms with Gasteiger partial charge in [0.15, 0.2) is 0 Å². The molecule has 0 aliphatic carbocycles. The van der Waals surface area contributed by atoms with Gasteiger partial charge in [0.05, 0.1) is 12.2 Å². The van der Waals surface area contributed by atoms with Crippen molar-refractivity contribution in [2.75, 3.05) is 18.5 Å². The molecule has 0 aromatic heterocycles. The summed E-state index contributed by atoms with van der Waals surface area (Å²) in [5.41, 5.74) is 0.114. The van der Waals surface area contributed by atoms with Crippen molar-refractivity contribution < 1.29 is 14.3 Å². The molecule has 1 aromatic carbocycles. The molecule has 0 saturated carbocycles. The molecule has 0 spiro atoms. The topological polar surface area (TPSA) is 71.3 Å². The summed E-state index contributed by atoms with van der Waals surface area (Å²) in [7, 11) is 0. The van der Waals surface area contributed by atoms with Crippen LogP contribution >= 0.6 is 0 Å². The van der Waals surface area contributed by atoms with Crippen LogP contribution in [-0.4, -0.2) is 24.7 Å². The number of carbonyl (C=O) groups is 1. The second-order valence-electron chi connectivity index (χ2n) is 7.75. The third kappa shape index (κ3) is 6.88. The molecule has 0 radical (unpaired) electrons. The molecular weight excluding hydrogens is 340 g/mol. The predicted molar refractivity (Wildman–Crippen MR) is 109 cm³/mol. The summed E-state index contributed by atoms with van der Waals surface area (Å²) in [4.78, 5) is 13.3. The average Bonchev–Trinajstić information content (AvgIpc) is 2.60. The maximum absolute atomic E-state index is 13.3. The van der Waals surface area contributed by atoms with Gasteiger partial charge < -0.3 is 14.8 Å². The first kappa shape index (κ1) is 23.0. The van der Waals surface area contributed by atoms with Gasteiger partial charge in [-0.15, -0.1) is 0 Å². The van der Waals surface area contributed by atoms with Crippen molar-refractivity contribution in [1.82, 2.24) is 0 Å². The summed E-state index contributed by atoms with van der Waals surface area (Å²) < 4.78 is 11.6. The first-order valence-corrected chi connectivity index (χ1v) is 9.90. The Bertz CT molecular complexity index is 637. The van der Waals surface area contributed by atoms with Crippen LogP contribution in [0.4, 0.5) is 5.69 Å². The Morgan fingerprint density at radius 1 is 1.19 bits per heavy atom. The molecule has 0 saturated heterocycles. The van der Waals surface area contributed by atoms with E-state index in [-0.39, 0.29) is 5.91 Å². The molecule has 5 nitrogen and oxygen atoms in total. The third-order valence-electron chi connectivity index (χ3n) is 4.13. The van der Waals surface area contributed by atoms with Crippen LogP contribution in [0.25, 0.3) is 0 Å². The quantitative estimate of drug-likeness (QED) is 0.581. The highest BCUT2D eigenvalue weighted by Crippen LogP contribution is 2.31. The van der Waals surface area contributed by atoms with E-state index in [0.29, 0.717) is 54.9 Å². The average molecular weight is 375 g/mol. The molecule has 150 valence electrons. The molecule has 0 fully saturated rings. The standard InChI is InChI=1S/C22H34N2O3/c1-7-11-27-22(13-16(3)4,14-17(5)6)21(25)24-19-9-10-20(26-8-2)18(12-19)15-23/h9-10,12,16-17H,7-8,11,13-14H2,1-6H3,(H,24,25). The molecule has 1 aromatic rings. The monoisotopic (exact) mass is 374 g/mol. The van der Waals surface area contributed by atoms with Crippen LogP contribution in [0.5, 0.6) is 5.75 Å². The highest BCUT2D eigenvalue weighted by molar-refractivity contribution is 5.97. The largest absolute Gasteiger partial charge is 0.492 e. The number of nitrogens with zero attached hydrogens (tertiary/aromatic N) is 1. The highest BCUT2D eigenvalue weighted by atomic mass is 16.5. The molecule has 1 rings (SSSR count). The van der Waals surface area contributed by atoms with Gasteiger partial charge in [-0.25, -0.2) is 0 Å². The van der Waals surface area contributed by atoms with Crippen LogP contribution in [0.1, 0.15) is 66.4 Å². The Morgan fingerprint density at radius 2 is 1.81 bits per heavy atom. The maximum Gasteiger partial charge on any atom is 0.256 e. The fourth-order valence-corrected chi connectivity index (χ4v) is 3.29. The Hall–Kier alpha value is -2.06. The van der Waals surface area contributed by atoms with Gasteiger partial charge in [0, 0.05) is 12.3 Å². The molecule has 0 atom stereocenters. The highest BCUT2D eigenvalue weighted by Gasteiger charge is 2.40. The van der Waals surface area contributed by atoms with Crippen LogP contribution in [0.3, 0.4) is 0 Å². The number of carbonyl (C=O) groups excluding carboxylic acids is 1. The van der Waals surface area contributed by atoms with Gasteiger partial charge in [-0.2, -0.15) is 5.26 Å². The molecular formula is C22H34N2O3. The van der Waals surface area contributed by atoms with Gasteiger partial charge in [-0.05, 0) is 56.2 Å². The van der Waals surface area contributed by atoms with Gasteiger partial charge in [-0.1, -0.05) is 34.6 Å². The number of rotatable bonds is 11. The lowest BCUT2D eigenvalue weighted by Crippen LogP contribution is -2.47. The minimum absolute atomic E-state index is 0.147. The van der Waals surface area contributed by atoms with E-state index in [1.54, 1.807) is 18.2 Å². The zero-order chi connectivity index (χ0) is 20.4. The lowest BCUT2D eigenvalue weighted by Gasteiger charge is -2.35.